The fraction of sp³-hybridized carbons (Fsp3) is 0.0833. The number of carbonyl (C=O) groups is 2. The molecule has 0 saturated heterocycles. The Bertz CT molecular complexity index is 604. The molecule has 0 atom stereocenters. The molecular weight excluding hydrogens is 234 g/mol. The predicted octanol–water partition coefficient (Wildman–Crippen LogP) is 1.33. The summed E-state index contributed by atoms with van der Waals surface area (Å²) in [7, 11) is 0. The average Bonchev–Trinajstić information content (AvgIpc) is 2.76. The summed E-state index contributed by atoms with van der Waals surface area (Å²) in [4.78, 5) is 26.6. The van der Waals surface area contributed by atoms with Gasteiger partial charge in [0.1, 0.15) is 17.3 Å². The van der Waals surface area contributed by atoms with Crippen LogP contribution in [0.3, 0.4) is 0 Å². The van der Waals surface area contributed by atoms with Gasteiger partial charge in [-0.25, -0.2) is 4.98 Å². The van der Waals surface area contributed by atoms with Crippen molar-refractivity contribution >= 4 is 17.6 Å². The smallest absolute Gasteiger partial charge is 0.292 e. The Kier molecular flexibility index (Phi) is 3.09. The number of aromatic nitrogens is 1. The number of hydrogen-bond donors (Lipinski definition) is 2. The van der Waals surface area contributed by atoms with E-state index in [1.54, 1.807) is 31.2 Å². The van der Waals surface area contributed by atoms with Crippen molar-refractivity contribution in [3.05, 3.63) is 47.5 Å². The lowest BCUT2D eigenvalue weighted by atomic mass is 10.3. The maximum Gasteiger partial charge on any atom is 0.292 e. The second kappa shape index (κ2) is 4.70. The van der Waals surface area contributed by atoms with Crippen molar-refractivity contribution in [3.63, 3.8) is 0 Å². The van der Waals surface area contributed by atoms with Crippen molar-refractivity contribution in [2.75, 3.05) is 5.32 Å². The Balaban J connectivity index is 2.16. The van der Waals surface area contributed by atoms with Crippen LogP contribution in [0.15, 0.2) is 34.7 Å². The highest BCUT2D eigenvalue weighted by Gasteiger charge is 2.11. The van der Waals surface area contributed by atoms with Crippen molar-refractivity contribution in [1.29, 1.82) is 0 Å². The SMILES string of the molecule is Cc1ccc(C(=O)Nc2cccc(C(N)=O)n2)o1. The van der Waals surface area contributed by atoms with Crippen LogP contribution in [0.25, 0.3) is 0 Å². The summed E-state index contributed by atoms with van der Waals surface area (Å²) in [5.41, 5.74) is 5.18. The van der Waals surface area contributed by atoms with Crippen LogP contribution in [-0.4, -0.2) is 16.8 Å². The minimum Gasteiger partial charge on any atom is -0.456 e. The highest BCUT2D eigenvalue weighted by Crippen LogP contribution is 2.10. The predicted molar refractivity (Wildman–Crippen MR) is 64.2 cm³/mol. The lowest BCUT2D eigenvalue weighted by molar-refractivity contribution is 0.0984. The van der Waals surface area contributed by atoms with Crippen LogP contribution in [0.5, 0.6) is 0 Å². The fourth-order valence-corrected chi connectivity index (χ4v) is 1.38. The lowest BCUT2D eigenvalue weighted by Crippen LogP contribution is -2.16. The molecule has 0 aliphatic rings. The molecule has 92 valence electrons. The fourth-order valence-electron chi connectivity index (χ4n) is 1.38. The Morgan fingerprint density at radius 2 is 2.06 bits per heavy atom. The largest absolute Gasteiger partial charge is 0.456 e. The number of nitrogens with zero attached hydrogens (tertiary/aromatic N) is 1. The Hall–Kier alpha value is -2.63. The molecule has 6 heteroatoms. The van der Waals surface area contributed by atoms with Gasteiger partial charge in [-0.05, 0) is 31.2 Å². The summed E-state index contributed by atoms with van der Waals surface area (Å²) in [6, 6.07) is 7.84. The summed E-state index contributed by atoms with van der Waals surface area (Å²) < 4.78 is 5.16. The van der Waals surface area contributed by atoms with E-state index in [1.165, 1.54) is 6.07 Å². The topological polar surface area (TPSA) is 98.2 Å². The van der Waals surface area contributed by atoms with Gasteiger partial charge < -0.3 is 15.5 Å². The summed E-state index contributed by atoms with van der Waals surface area (Å²) in [5.74, 6) is -0.0275. The molecule has 18 heavy (non-hydrogen) atoms. The highest BCUT2D eigenvalue weighted by atomic mass is 16.3. The van der Waals surface area contributed by atoms with Gasteiger partial charge in [-0.1, -0.05) is 6.07 Å². The minimum absolute atomic E-state index is 0.0865. The standard InChI is InChI=1S/C12H11N3O3/c1-7-5-6-9(18-7)12(17)15-10-4-2-3-8(14-10)11(13)16/h2-6H,1H3,(H2,13,16)(H,14,15,17). The van der Waals surface area contributed by atoms with E-state index in [0.717, 1.165) is 0 Å². The molecule has 0 radical (unpaired) electrons. The van der Waals surface area contributed by atoms with Gasteiger partial charge in [0, 0.05) is 0 Å². The molecule has 2 aromatic rings. The molecule has 6 nitrogen and oxygen atoms in total. The van der Waals surface area contributed by atoms with E-state index in [-0.39, 0.29) is 17.3 Å². The maximum atomic E-state index is 11.7. The van der Waals surface area contributed by atoms with Crippen LogP contribution in [0.2, 0.25) is 0 Å². The zero-order valence-corrected chi connectivity index (χ0v) is 9.64. The second-order valence-corrected chi connectivity index (χ2v) is 3.64. The monoisotopic (exact) mass is 245 g/mol. The summed E-state index contributed by atoms with van der Waals surface area (Å²) in [6.07, 6.45) is 0. The first-order valence-corrected chi connectivity index (χ1v) is 5.21. The Morgan fingerprint density at radius 1 is 1.28 bits per heavy atom. The number of anilines is 1. The van der Waals surface area contributed by atoms with Crippen LogP contribution in [0.1, 0.15) is 26.8 Å². The molecule has 0 saturated carbocycles. The van der Waals surface area contributed by atoms with Crippen LogP contribution < -0.4 is 11.1 Å². The zero-order chi connectivity index (χ0) is 13.1. The number of rotatable bonds is 3. The van der Waals surface area contributed by atoms with Gasteiger partial charge in [0.05, 0.1) is 0 Å². The molecule has 0 aliphatic heterocycles. The number of pyridine rings is 1. The third-order valence-corrected chi connectivity index (χ3v) is 2.21. The van der Waals surface area contributed by atoms with Crippen molar-refractivity contribution in [3.8, 4) is 0 Å². The maximum absolute atomic E-state index is 11.7. The molecule has 2 aromatic heterocycles. The average molecular weight is 245 g/mol. The molecule has 2 heterocycles. The van der Waals surface area contributed by atoms with Crippen LogP contribution in [0, 0.1) is 6.92 Å². The highest BCUT2D eigenvalue weighted by molar-refractivity contribution is 6.02. The van der Waals surface area contributed by atoms with Crippen LogP contribution in [0.4, 0.5) is 5.82 Å². The summed E-state index contributed by atoms with van der Waals surface area (Å²) >= 11 is 0. The Labute approximate surface area is 103 Å². The van der Waals surface area contributed by atoms with Gasteiger partial charge in [-0.2, -0.15) is 0 Å². The van der Waals surface area contributed by atoms with E-state index in [1.807, 2.05) is 0 Å². The first-order valence-electron chi connectivity index (χ1n) is 5.21. The molecule has 0 spiro atoms. The molecule has 2 amide bonds. The number of nitrogens with two attached hydrogens (primary N) is 1. The number of hydrogen-bond acceptors (Lipinski definition) is 4. The van der Waals surface area contributed by atoms with Gasteiger partial charge >= 0.3 is 0 Å². The van der Waals surface area contributed by atoms with Crippen molar-refractivity contribution < 1.29 is 14.0 Å². The number of aryl methyl sites for hydroxylation is 1. The molecule has 3 N–H and O–H groups in total. The first-order chi connectivity index (χ1) is 8.56. The number of amides is 2. The van der Waals surface area contributed by atoms with E-state index in [0.29, 0.717) is 5.76 Å². The van der Waals surface area contributed by atoms with E-state index < -0.39 is 11.8 Å². The third-order valence-electron chi connectivity index (χ3n) is 2.21. The van der Waals surface area contributed by atoms with Crippen LogP contribution >= 0.6 is 0 Å². The molecule has 0 aliphatic carbocycles. The Morgan fingerprint density at radius 3 is 2.67 bits per heavy atom. The molecule has 0 aromatic carbocycles. The van der Waals surface area contributed by atoms with Crippen molar-refractivity contribution in [2.24, 2.45) is 5.73 Å². The lowest BCUT2D eigenvalue weighted by Gasteiger charge is -2.03. The van der Waals surface area contributed by atoms with Crippen molar-refractivity contribution in [2.45, 2.75) is 6.92 Å². The quantitative estimate of drug-likeness (QED) is 0.852. The minimum atomic E-state index is -0.653. The normalized spacial score (nSPS) is 10.1. The number of carbonyl (C=O) groups excluding carboxylic acids is 2. The van der Waals surface area contributed by atoms with E-state index in [2.05, 4.69) is 10.3 Å². The molecule has 0 bridgehead atoms. The van der Waals surface area contributed by atoms with Gasteiger partial charge in [0.2, 0.25) is 0 Å². The molecule has 2 rings (SSSR count). The van der Waals surface area contributed by atoms with Gasteiger partial charge in [0.25, 0.3) is 11.8 Å². The van der Waals surface area contributed by atoms with Crippen LogP contribution in [-0.2, 0) is 0 Å². The third kappa shape index (κ3) is 2.54. The van der Waals surface area contributed by atoms with E-state index in [4.69, 9.17) is 10.2 Å². The van der Waals surface area contributed by atoms with Gasteiger partial charge in [-0.3, -0.25) is 9.59 Å². The first kappa shape index (κ1) is 11.8. The number of primary amides is 1. The van der Waals surface area contributed by atoms with Crippen molar-refractivity contribution in [1.82, 2.24) is 4.98 Å². The summed E-state index contributed by atoms with van der Waals surface area (Å²) in [6.45, 7) is 1.74. The second-order valence-electron chi connectivity index (χ2n) is 3.64. The number of nitrogens with one attached hydrogen (secondary N) is 1. The zero-order valence-electron chi connectivity index (χ0n) is 9.64. The van der Waals surface area contributed by atoms with Gasteiger partial charge in [-0.15, -0.1) is 0 Å². The molecular formula is C12H11N3O3. The van der Waals surface area contributed by atoms with E-state index in [9.17, 15) is 9.59 Å². The van der Waals surface area contributed by atoms with Gasteiger partial charge in [0.15, 0.2) is 5.76 Å². The molecule has 0 fully saturated rings. The number of furan rings is 1. The molecule has 0 unspecified atom stereocenters. The van der Waals surface area contributed by atoms with E-state index >= 15 is 0 Å². The summed E-state index contributed by atoms with van der Waals surface area (Å²) in [5, 5.41) is 2.52.